The Balaban J connectivity index is 1.29. The van der Waals surface area contributed by atoms with E-state index in [1.807, 2.05) is 49.4 Å². The first-order valence-electron chi connectivity index (χ1n) is 12.2. The van der Waals surface area contributed by atoms with Crippen molar-refractivity contribution < 1.29 is 13.9 Å². The van der Waals surface area contributed by atoms with Gasteiger partial charge in [0.1, 0.15) is 18.1 Å². The van der Waals surface area contributed by atoms with Crippen molar-refractivity contribution in [3.63, 3.8) is 0 Å². The molecule has 1 saturated carbocycles. The SMILES string of the molecule is Cc1ccc(OC[C@@H]2CCN2C)cc1C(=O)NC1(c2cc(-c3ccco3)cc3ncccc23)CC1. The van der Waals surface area contributed by atoms with Crippen molar-refractivity contribution >= 4 is 16.8 Å². The van der Waals surface area contributed by atoms with Crippen LogP contribution in [-0.2, 0) is 5.54 Å². The number of furan rings is 1. The molecule has 1 aliphatic carbocycles. The number of carbonyl (C=O) groups excluding carboxylic acids is 1. The maximum absolute atomic E-state index is 13.5. The van der Waals surface area contributed by atoms with Gasteiger partial charge >= 0.3 is 0 Å². The minimum absolute atomic E-state index is 0.0772. The highest BCUT2D eigenvalue weighted by Gasteiger charge is 2.47. The van der Waals surface area contributed by atoms with E-state index in [1.165, 1.54) is 0 Å². The molecular formula is C29H29N3O3. The zero-order valence-electron chi connectivity index (χ0n) is 20.1. The van der Waals surface area contributed by atoms with Gasteiger partial charge in [-0.3, -0.25) is 14.7 Å². The first-order valence-corrected chi connectivity index (χ1v) is 12.2. The molecule has 35 heavy (non-hydrogen) atoms. The summed E-state index contributed by atoms with van der Waals surface area (Å²) in [5.41, 5.74) is 4.11. The van der Waals surface area contributed by atoms with E-state index in [1.54, 1.807) is 12.5 Å². The molecule has 2 fully saturated rings. The summed E-state index contributed by atoms with van der Waals surface area (Å²) in [4.78, 5) is 20.4. The van der Waals surface area contributed by atoms with Crippen molar-refractivity contribution in [1.29, 1.82) is 0 Å². The first kappa shape index (κ1) is 21.9. The van der Waals surface area contributed by atoms with E-state index in [0.717, 1.165) is 64.9 Å². The normalized spacial score (nSPS) is 18.7. The number of fused-ring (bicyclic) bond motifs is 1. The van der Waals surface area contributed by atoms with Crippen LogP contribution in [0.5, 0.6) is 5.75 Å². The highest BCUT2D eigenvalue weighted by Crippen LogP contribution is 2.49. The minimum Gasteiger partial charge on any atom is -0.492 e. The average molecular weight is 468 g/mol. The lowest BCUT2D eigenvalue weighted by atomic mass is 9.95. The van der Waals surface area contributed by atoms with Gasteiger partial charge in [-0.2, -0.15) is 0 Å². The molecule has 6 heteroatoms. The lowest BCUT2D eigenvalue weighted by Gasteiger charge is -2.37. The fraction of sp³-hybridized carbons (Fsp3) is 0.310. The number of pyridine rings is 1. The molecule has 178 valence electrons. The fourth-order valence-electron chi connectivity index (χ4n) is 4.94. The minimum atomic E-state index is -0.418. The van der Waals surface area contributed by atoms with Crippen LogP contribution in [0.25, 0.3) is 22.2 Å². The average Bonchev–Trinajstić information content (AvgIpc) is 3.42. The number of likely N-dealkylation sites (N-methyl/N-ethyl adjacent to an activating group) is 1. The van der Waals surface area contributed by atoms with Crippen molar-refractivity contribution in [3.05, 3.63) is 83.7 Å². The molecule has 2 aromatic heterocycles. The molecule has 0 radical (unpaired) electrons. The van der Waals surface area contributed by atoms with Gasteiger partial charge in [-0.05, 0) is 93.4 Å². The Kier molecular flexibility index (Phi) is 5.33. The number of likely N-dealkylation sites (tertiary alicyclic amines) is 1. The standard InChI is InChI=1S/C29H29N3O3/c1-19-7-8-22(35-18-21-9-13-32(21)2)17-24(19)28(33)31-29(10-11-29)25-15-20(27-6-4-14-34-27)16-26-23(25)5-3-12-30-26/h3-8,12,14-17,21H,9-11,13,18H2,1-2H3,(H,31,33)/t21-/m0/s1. The Morgan fingerprint density at radius 2 is 2.09 bits per heavy atom. The fourth-order valence-corrected chi connectivity index (χ4v) is 4.94. The molecule has 1 aliphatic heterocycles. The van der Waals surface area contributed by atoms with Gasteiger partial charge in [-0.25, -0.2) is 0 Å². The van der Waals surface area contributed by atoms with Crippen LogP contribution in [0.15, 0.2) is 71.5 Å². The van der Waals surface area contributed by atoms with Gasteiger partial charge in [-0.1, -0.05) is 12.1 Å². The van der Waals surface area contributed by atoms with Crippen molar-refractivity contribution in [3.8, 4) is 17.1 Å². The van der Waals surface area contributed by atoms with E-state index in [-0.39, 0.29) is 5.91 Å². The monoisotopic (exact) mass is 467 g/mol. The third kappa shape index (κ3) is 4.08. The van der Waals surface area contributed by atoms with Gasteiger partial charge in [0.25, 0.3) is 5.91 Å². The molecule has 1 saturated heterocycles. The van der Waals surface area contributed by atoms with Crippen LogP contribution < -0.4 is 10.1 Å². The van der Waals surface area contributed by atoms with E-state index in [9.17, 15) is 4.79 Å². The van der Waals surface area contributed by atoms with E-state index in [0.29, 0.717) is 18.2 Å². The maximum Gasteiger partial charge on any atom is 0.252 e. The van der Waals surface area contributed by atoms with E-state index < -0.39 is 5.54 Å². The molecule has 0 unspecified atom stereocenters. The molecule has 0 bridgehead atoms. The number of hydrogen-bond acceptors (Lipinski definition) is 5. The maximum atomic E-state index is 13.5. The molecular weight excluding hydrogens is 438 g/mol. The zero-order valence-corrected chi connectivity index (χ0v) is 20.1. The number of ether oxygens (including phenoxy) is 1. The predicted octanol–water partition coefficient (Wildman–Crippen LogP) is 5.31. The van der Waals surface area contributed by atoms with Crippen molar-refractivity contribution in [2.24, 2.45) is 0 Å². The summed E-state index contributed by atoms with van der Waals surface area (Å²) in [7, 11) is 2.11. The number of hydrogen-bond donors (Lipinski definition) is 1. The highest BCUT2D eigenvalue weighted by molar-refractivity contribution is 5.98. The Morgan fingerprint density at radius 3 is 2.80 bits per heavy atom. The number of aryl methyl sites for hydroxylation is 1. The number of carbonyl (C=O) groups is 1. The molecule has 0 spiro atoms. The predicted molar refractivity (Wildman–Crippen MR) is 136 cm³/mol. The Labute approximate surface area is 204 Å². The number of nitrogens with zero attached hydrogens (tertiary/aromatic N) is 2. The third-order valence-electron chi connectivity index (χ3n) is 7.48. The second-order valence-electron chi connectivity index (χ2n) is 9.82. The Bertz CT molecular complexity index is 1390. The Hall–Kier alpha value is -3.64. The lowest BCUT2D eigenvalue weighted by Crippen LogP contribution is -2.48. The molecule has 2 aliphatic rings. The van der Waals surface area contributed by atoms with Crippen LogP contribution in [-0.4, -0.2) is 42.0 Å². The van der Waals surface area contributed by atoms with E-state index >= 15 is 0 Å². The van der Waals surface area contributed by atoms with Gasteiger partial charge in [-0.15, -0.1) is 0 Å². The third-order valence-corrected chi connectivity index (χ3v) is 7.48. The molecule has 3 heterocycles. The quantitative estimate of drug-likeness (QED) is 0.399. The van der Waals surface area contributed by atoms with Crippen LogP contribution in [0.4, 0.5) is 0 Å². The molecule has 1 atom stereocenters. The summed E-state index contributed by atoms with van der Waals surface area (Å²) in [5, 5.41) is 4.42. The molecule has 6 nitrogen and oxygen atoms in total. The van der Waals surface area contributed by atoms with Crippen LogP contribution in [0.3, 0.4) is 0 Å². The largest absolute Gasteiger partial charge is 0.492 e. The van der Waals surface area contributed by atoms with Gasteiger partial charge < -0.3 is 14.5 Å². The summed E-state index contributed by atoms with van der Waals surface area (Å²) in [5.74, 6) is 1.45. The van der Waals surface area contributed by atoms with Gasteiger partial charge in [0.2, 0.25) is 0 Å². The molecule has 4 aromatic rings. The summed E-state index contributed by atoms with van der Waals surface area (Å²) in [6.45, 7) is 3.72. The van der Waals surface area contributed by atoms with Gasteiger partial charge in [0.05, 0.1) is 17.3 Å². The smallest absolute Gasteiger partial charge is 0.252 e. The number of benzene rings is 2. The van der Waals surface area contributed by atoms with Crippen molar-refractivity contribution in [2.75, 3.05) is 20.2 Å². The van der Waals surface area contributed by atoms with Gasteiger partial charge in [0, 0.05) is 28.8 Å². The number of nitrogens with one attached hydrogen (secondary N) is 1. The topological polar surface area (TPSA) is 67.6 Å². The number of amides is 1. The van der Waals surface area contributed by atoms with E-state index in [2.05, 4.69) is 34.4 Å². The van der Waals surface area contributed by atoms with Crippen LogP contribution >= 0.6 is 0 Å². The Morgan fingerprint density at radius 1 is 1.20 bits per heavy atom. The molecule has 6 rings (SSSR count). The number of rotatable bonds is 7. The van der Waals surface area contributed by atoms with Crippen LogP contribution in [0.1, 0.15) is 40.7 Å². The molecule has 1 amide bonds. The highest BCUT2D eigenvalue weighted by atomic mass is 16.5. The summed E-state index contributed by atoms with van der Waals surface area (Å²) < 4.78 is 11.7. The van der Waals surface area contributed by atoms with Crippen molar-refractivity contribution in [1.82, 2.24) is 15.2 Å². The second-order valence-corrected chi connectivity index (χ2v) is 9.82. The zero-order chi connectivity index (χ0) is 24.0. The summed E-state index contributed by atoms with van der Waals surface area (Å²) in [6.07, 6.45) is 6.39. The van der Waals surface area contributed by atoms with Gasteiger partial charge in [0.15, 0.2) is 0 Å². The second kappa shape index (κ2) is 8.54. The van der Waals surface area contributed by atoms with Crippen LogP contribution in [0.2, 0.25) is 0 Å². The summed E-state index contributed by atoms with van der Waals surface area (Å²) >= 11 is 0. The molecule has 1 N–H and O–H groups in total. The number of aromatic nitrogens is 1. The lowest BCUT2D eigenvalue weighted by molar-refractivity contribution is 0.0767. The van der Waals surface area contributed by atoms with Crippen LogP contribution in [0, 0.1) is 6.92 Å². The molecule has 2 aromatic carbocycles. The van der Waals surface area contributed by atoms with Crippen molar-refractivity contribution in [2.45, 2.75) is 37.8 Å². The van der Waals surface area contributed by atoms with E-state index in [4.69, 9.17) is 9.15 Å². The summed E-state index contributed by atoms with van der Waals surface area (Å²) in [6, 6.07) is 18.3. The first-order chi connectivity index (χ1) is 17.0.